The molecule has 0 saturated carbocycles. The fourth-order valence-electron chi connectivity index (χ4n) is 3.16. The summed E-state index contributed by atoms with van der Waals surface area (Å²) in [5.74, 6) is 1.39. The van der Waals surface area contributed by atoms with E-state index in [1.165, 1.54) is 6.07 Å². The van der Waals surface area contributed by atoms with Crippen molar-refractivity contribution in [3.8, 4) is 22.8 Å². The van der Waals surface area contributed by atoms with Gasteiger partial charge in [-0.1, -0.05) is 23.7 Å². The first-order valence-electron chi connectivity index (χ1n) is 9.93. The summed E-state index contributed by atoms with van der Waals surface area (Å²) in [4.78, 5) is 24.7. The van der Waals surface area contributed by atoms with E-state index in [9.17, 15) is 9.59 Å². The number of para-hydroxylation sites is 1. The van der Waals surface area contributed by atoms with Crippen LogP contribution in [0.1, 0.15) is 6.42 Å². The molecule has 1 heterocycles. The minimum absolute atomic E-state index is 0.156. The number of hydrogen-bond donors (Lipinski definition) is 1. The zero-order chi connectivity index (χ0) is 22.5. The van der Waals surface area contributed by atoms with Crippen LogP contribution in [0.4, 0.5) is 5.69 Å². The molecule has 6 nitrogen and oxygen atoms in total. The highest BCUT2D eigenvalue weighted by Crippen LogP contribution is 2.26. The summed E-state index contributed by atoms with van der Waals surface area (Å²) in [5.41, 5.74) is 1.67. The summed E-state index contributed by atoms with van der Waals surface area (Å²) >= 11 is 6.03. The Bertz CT molecular complexity index is 1310. The number of nitrogens with one attached hydrogen (secondary N) is 1. The predicted molar refractivity (Wildman–Crippen MR) is 125 cm³/mol. The molecule has 0 spiro atoms. The summed E-state index contributed by atoms with van der Waals surface area (Å²) in [7, 11) is 1.55. The Labute approximate surface area is 189 Å². The average molecular weight is 450 g/mol. The zero-order valence-electron chi connectivity index (χ0n) is 17.3. The molecule has 1 amide bonds. The fourth-order valence-corrected chi connectivity index (χ4v) is 3.35. The summed E-state index contributed by atoms with van der Waals surface area (Å²) in [6.45, 7) is 0.209. The SMILES string of the molecule is COc1ccc2oc(-c3ccc(NC(=O)CCOc4ccccc4Cl)cc3)cc(=O)c2c1. The van der Waals surface area contributed by atoms with Crippen LogP contribution < -0.4 is 20.2 Å². The van der Waals surface area contributed by atoms with E-state index >= 15 is 0 Å². The lowest BCUT2D eigenvalue weighted by atomic mass is 10.1. The van der Waals surface area contributed by atoms with E-state index in [2.05, 4.69) is 5.32 Å². The molecule has 0 atom stereocenters. The minimum atomic E-state index is -0.184. The van der Waals surface area contributed by atoms with Gasteiger partial charge in [0, 0.05) is 17.3 Å². The molecule has 0 unspecified atom stereocenters. The normalized spacial score (nSPS) is 10.7. The fraction of sp³-hybridized carbons (Fsp3) is 0.120. The van der Waals surface area contributed by atoms with Gasteiger partial charge in [-0.25, -0.2) is 0 Å². The molecule has 3 aromatic carbocycles. The smallest absolute Gasteiger partial charge is 0.227 e. The van der Waals surface area contributed by atoms with E-state index in [0.717, 1.165) is 5.56 Å². The highest BCUT2D eigenvalue weighted by Gasteiger charge is 2.09. The summed E-state index contributed by atoms with van der Waals surface area (Å²) in [6, 6.07) is 20.7. The summed E-state index contributed by atoms with van der Waals surface area (Å²) in [5, 5.41) is 3.77. The molecule has 162 valence electrons. The first-order valence-corrected chi connectivity index (χ1v) is 10.3. The highest BCUT2D eigenvalue weighted by molar-refractivity contribution is 6.32. The first-order chi connectivity index (χ1) is 15.5. The van der Waals surface area contributed by atoms with Gasteiger partial charge in [0.05, 0.1) is 30.5 Å². The number of carbonyl (C=O) groups is 1. The third-order valence-corrected chi connectivity index (χ3v) is 5.12. The van der Waals surface area contributed by atoms with E-state index in [1.807, 2.05) is 12.1 Å². The van der Waals surface area contributed by atoms with Gasteiger partial charge < -0.3 is 19.2 Å². The number of halogens is 1. The Morgan fingerprint density at radius 1 is 1.03 bits per heavy atom. The Kier molecular flexibility index (Phi) is 6.42. The second-order valence-electron chi connectivity index (χ2n) is 6.99. The first kappa shape index (κ1) is 21.5. The number of rotatable bonds is 7. The van der Waals surface area contributed by atoms with Gasteiger partial charge in [0.1, 0.15) is 22.8 Å². The maximum Gasteiger partial charge on any atom is 0.227 e. The lowest BCUT2D eigenvalue weighted by Gasteiger charge is -2.09. The predicted octanol–water partition coefficient (Wildman–Crippen LogP) is 5.53. The van der Waals surface area contributed by atoms with Gasteiger partial charge in [0.25, 0.3) is 0 Å². The second kappa shape index (κ2) is 9.58. The largest absolute Gasteiger partial charge is 0.497 e. The molecule has 0 bridgehead atoms. The van der Waals surface area contributed by atoms with Crippen molar-refractivity contribution in [2.75, 3.05) is 19.0 Å². The van der Waals surface area contributed by atoms with E-state index < -0.39 is 0 Å². The van der Waals surface area contributed by atoms with Gasteiger partial charge in [-0.05, 0) is 54.6 Å². The molecule has 0 aliphatic heterocycles. The molecule has 0 saturated heterocycles. The van der Waals surface area contributed by atoms with Crippen LogP contribution in [0.2, 0.25) is 5.02 Å². The number of carbonyl (C=O) groups excluding carboxylic acids is 1. The van der Waals surface area contributed by atoms with Crippen molar-refractivity contribution in [1.29, 1.82) is 0 Å². The Balaban J connectivity index is 1.40. The van der Waals surface area contributed by atoms with E-state index in [-0.39, 0.29) is 24.4 Å². The quantitative estimate of drug-likeness (QED) is 0.401. The lowest BCUT2D eigenvalue weighted by molar-refractivity contribution is -0.116. The van der Waals surface area contributed by atoms with Crippen LogP contribution in [0.5, 0.6) is 11.5 Å². The van der Waals surface area contributed by atoms with Crippen molar-refractivity contribution in [1.82, 2.24) is 0 Å². The number of amides is 1. The molecule has 0 aliphatic rings. The maximum atomic E-state index is 12.5. The number of ether oxygens (including phenoxy) is 2. The number of fused-ring (bicyclic) bond motifs is 1. The van der Waals surface area contributed by atoms with E-state index in [4.69, 9.17) is 25.5 Å². The molecule has 0 aliphatic carbocycles. The van der Waals surface area contributed by atoms with E-state index in [1.54, 1.807) is 61.7 Å². The van der Waals surface area contributed by atoms with Crippen LogP contribution in [0.15, 0.2) is 82.0 Å². The average Bonchev–Trinajstić information content (AvgIpc) is 2.80. The van der Waals surface area contributed by atoms with Gasteiger partial charge in [0.15, 0.2) is 5.43 Å². The van der Waals surface area contributed by atoms with Gasteiger partial charge in [-0.15, -0.1) is 0 Å². The molecule has 4 aromatic rings. The second-order valence-corrected chi connectivity index (χ2v) is 7.40. The lowest BCUT2D eigenvalue weighted by Crippen LogP contribution is -2.15. The number of anilines is 1. The zero-order valence-corrected chi connectivity index (χ0v) is 18.0. The summed E-state index contributed by atoms with van der Waals surface area (Å²) < 4.78 is 16.6. The van der Waals surface area contributed by atoms with Crippen LogP contribution in [0.25, 0.3) is 22.3 Å². The molecule has 1 aromatic heterocycles. The maximum absolute atomic E-state index is 12.5. The van der Waals surface area contributed by atoms with Crippen LogP contribution in [0.3, 0.4) is 0 Å². The topological polar surface area (TPSA) is 77.8 Å². The van der Waals surface area contributed by atoms with Crippen molar-refractivity contribution in [2.45, 2.75) is 6.42 Å². The standard InChI is InChI=1S/C25H20ClNO5/c1-30-18-10-11-22-19(14-18)21(28)15-24(32-22)16-6-8-17(9-7-16)27-25(29)12-13-31-23-5-3-2-4-20(23)26/h2-11,14-15H,12-13H2,1H3,(H,27,29). The minimum Gasteiger partial charge on any atom is -0.497 e. The number of hydrogen-bond acceptors (Lipinski definition) is 5. The van der Waals surface area contributed by atoms with Crippen molar-refractivity contribution in [3.05, 3.63) is 88.0 Å². The van der Waals surface area contributed by atoms with E-state index in [0.29, 0.717) is 38.9 Å². The van der Waals surface area contributed by atoms with Crippen molar-refractivity contribution in [3.63, 3.8) is 0 Å². The van der Waals surface area contributed by atoms with Crippen LogP contribution in [-0.2, 0) is 4.79 Å². The molecule has 0 fully saturated rings. The molecule has 0 radical (unpaired) electrons. The summed E-state index contributed by atoms with van der Waals surface area (Å²) in [6.07, 6.45) is 0.177. The molecule has 1 N–H and O–H groups in total. The van der Waals surface area contributed by atoms with Crippen molar-refractivity contribution in [2.24, 2.45) is 0 Å². The third-order valence-electron chi connectivity index (χ3n) is 4.81. The van der Waals surface area contributed by atoms with Crippen molar-refractivity contribution < 1.29 is 18.7 Å². The van der Waals surface area contributed by atoms with Crippen molar-refractivity contribution >= 4 is 34.2 Å². The van der Waals surface area contributed by atoms with Gasteiger partial charge in [-0.2, -0.15) is 0 Å². The number of benzene rings is 3. The van der Waals surface area contributed by atoms with Crippen LogP contribution >= 0.6 is 11.6 Å². The highest BCUT2D eigenvalue weighted by atomic mass is 35.5. The third kappa shape index (κ3) is 4.92. The van der Waals surface area contributed by atoms with Gasteiger partial charge in [0.2, 0.25) is 5.91 Å². The molecular weight excluding hydrogens is 430 g/mol. The Morgan fingerprint density at radius 2 is 1.81 bits per heavy atom. The van der Waals surface area contributed by atoms with Gasteiger partial charge in [-0.3, -0.25) is 9.59 Å². The Morgan fingerprint density at radius 3 is 2.56 bits per heavy atom. The number of methoxy groups -OCH3 is 1. The molecule has 4 rings (SSSR count). The van der Waals surface area contributed by atoms with Gasteiger partial charge >= 0.3 is 0 Å². The van der Waals surface area contributed by atoms with Crippen LogP contribution in [0, 0.1) is 0 Å². The molecular formula is C25H20ClNO5. The monoisotopic (exact) mass is 449 g/mol. The Hall–Kier alpha value is -3.77. The van der Waals surface area contributed by atoms with Crippen LogP contribution in [-0.4, -0.2) is 19.6 Å². The molecule has 7 heteroatoms. The molecule has 32 heavy (non-hydrogen) atoms.